The quantitative estimate of drug-likeness (QED) is 0.819. The van der Waals surface area contributed by atoms with Gasteiger partial charge in [0.05, 0.1) is 6.20 Å². The van der Waals surface area contributed by atoms with Crippen LogP contribution >= 0.6 is 0 Å². The van der Waals surface area contributed by atoms with Crippen LogP contribution in [0.5, 0.6) is 5.75 Å². The Balaban J connectivity index is 2.74. The number of halogens is 1. The Hall–Kier alpha value is -2.23. The van der Waals surface area contributed by atoms with E-state index in [1.165, 1.54) is 18.3 Å². The molecule has 0 radical (unpaired) electrons. The highest BCUT2D eigenvalue weighted by Crippen LogP contribution is 2.18. The summed E-state index contributed by atoms with van der Waals surface area (Å²) in [6, 6.07) is 5.99. The van der Waals surface area contributed by atoms with Crippen LogP contribution in [0.15, 0.2) is 41.5 Å². The zero-order valence-corrected chi connectivity index (χ0v) is 9.14. The van der Waals surface area contributed by atoms with Gasteiger partial charge >= 0.3 is 0 Å². The number of nitrogens with zero attached hydrogens (tertiary/aromatic N) is 1. The van der Waals surface area contributed by atoms with E-state index in [0.29, 0.717) is 11.1 Å². The molecule has 0 unspecified atom stereocenters. The molecule has 0 aliphatic heterocycles. The molecule has 0 saturated heterocycles. The predicted octanol–water partition coefficient (Wildman–Crippen LogP) is 2.26. The Bertz CT molecular complexity index is 626. The van der Waals surface area contributed by atoms with Crippen LogP contribution in [0.25, 0.3) is 11.1 Å². The van der Waals surface area contributed by atoms with Gasteiger partial charge in [0.2, 0.25) is 5.43 Å². The van der Waals surface area contributed by atoms with Crippen molar-refractivity contribution in [1.29, 1.82) is 0 Å². The molecule has 3 nitrogen and oxygen atoms in total. The third-order valence-electron chi connectivity index (χ3n) is 2.46. The first kappa shape index (κ1) is 11.3. The van der Waals surface area contributed by atoms with Gasteiger partial charge in [-0.2, -0.15) is 0 Å². The molecular weight excluding hydrogens is 221 g/mol. The summed E-state index contributed by atoms with van der Waals surface area (Å²) in [6.07, 6.45) is 2.44. The molecule has 1 aromatic carbocycles. The van der Waals surface area contributed by atoms with Crippen molar-refractivity contribution in [3.8, 4) is 16.9 Å². The number of rotatable bonds is 1. The van der Waals surface area contributed by atoms with E-state index in [-0.39, 0.29) is 11.3 Å². The second-order valence-electron chi connectivity index (χ2n) is 3.69. The minimum absolute atomic E-state index is 0.225. The highest BCUT2D eigenvalue weighted by molar-refractivity contribution is 5.63. The molecule has 1 aromatic heterocycles. The fraction of sp³-hybridized carbons (Fsp3) is 0.0769. The molecule has 1 N–H and O–H groups in total. The maximum atomic E-state index is 13.0. The maximum Gasteiger partial charge on any atom is 0.228 e. The molecular formula is C13H10FNO2. The summed E-state index contributed by atoms with van der Waals surface area (Å²) >= 11 is 0. The van der Waals surface area contributed by atoms with Gasteiger partial charge < -0.3 is 5.11 Å². The molecule has 0 aliphatic carbocycles. The SMILES string of the molecule is Cc1cccc(-c2cncc(F)c2)c(=O)c1O. The molecule has 2 aromatic rings. The van der Waals surface area contributed by atoms with Crippen LogP contribution in [0.2, 0.25) is 0 Å². The zero-order chi connectivity index (χ0) is 12.4. The lowest BCUT2D eigenvalue weighted by atomic mass is 10.1. The van der Waals surface area contributed by atoms with E-state index in [2.05, 4.69) is 4.98 Å². The molecule has 2 rings (SSSR count). The van der Waals surface area contributed by atoms with E-state index in [0.717, 1.165) is 6.20 Å². The first-order valence-corrected chi connectivity index (χ1v) is 5.03. The molecule has 1 heterocycles. The van der Waals surface area contributed by atoms with Gasteiger partial charge in [-0.15, -0.1) is 0 Å². The Kier molecular flexibility index (Phi) is 2.87. The molecule has 0 amide bonds. The van der Waals surface area contributed by atoms with Gasteiger partial charge in [0.25, 0.3) is 0 Å². The number of hydrogen-bond donors (Lipinski definition) is 1. The third-order valence-corrected chi connectivity index (χ3v) is 2.46. The number of aromatic nitrogens is 1. The fourth-order valence-corrected chi connectivity index (χ4v) is 1.54. The summed E-state index contributed by atoms with van der Waals surface area (Å²) in [4.78, 5) is 15.6. The smallest absolute Gasteiger partial charge is 0.228 e. The van der Waals surface area contributed by atoms with Crippen molar-refractivity contribution < 1.29 is 9.50 Å². The van der Waals surface area contributed by atoms with Crippen LogP contribution < -0.4 is 5.43 Å². The van der Waals surface area contributed by atoms with Crippen LogP contribution in [-0.2, 0) is 0 Å². The predicted molar refractivity (Wildman–Crippen MR) is 62.3 cm³/mol. The van der Waals surface area contributed by atoms with Crippen molar-refractivity contribution in [2.24, 2.45) is 0 Å². The van der Waals surface area contributed by atoms with E-state index in [9.17, 15) is 14.3 Å². The van der Waals surface area contributed by atoms with Gasteiger partial charge in [-0.05, 0) is 18.6 Å². The highest BCUT2D eigenvalue weighted by atomic mass is 19.1. The van der Waals surface area contributed by atoms with Crippen LogP contribution in [0.3, 0.4) is 0 Å². The topological polar surface area (TPSA) is 50.2 Å². The minimum atomic E-state index is -0.528. The second-order valence-corrected chi connectivity index (χ2v) is 3.69. The highest BCUT2D eigenvalue weighted by Gasteiger charge is 2.08. The zero-order valence-electron chi connectivity index (χ0n) is 9.14. The van der Waals surface area contributed by atoms with E-state index in [1.807, 2.05) is 0 Å². The fourth-order valence-electron chi connectivity index (χ4n) is 1.54. The van der Waals surface area contributed by atoms with Gasteiger partial charge in [-0.1, -0.05) is 18.2 Å². The molecule has 0 fully saturated rings. The molecule has 86 valence electrons. The van der Waals surface area contributed by atoms with Crippen LogP contribution in [0.4, 0.5) is 4.39 Å². The van der Waals surface area contributed by atoms with Gasteiger partial charge in [0.1, 0.15) is 5.82 Å². The number of aromatic hydroxyl groups is 1. The summed E-state index contributed by atoms with van der Waals surface area (Å²) in [5.41, 5.74) is 0.522. The van der Waals surface area contributed by atoms with Crippen LogP contribution in [-0.4, -0.2) is 10.1 Å². The third kappa shape index (κ3) is 2.15. The van der Waals surface area contributed by atoms with Gasteiger partial charge in [-0.25, -0.2) is 4.39 Å². The normalized spacial score (nSPS) is 10.2. The summed E-state index contributed by atoms with van der Waals surface area (Å²) in [5, 5.41) is 9.65. The summed E-state index contributed by atoms with van der Waals surface area (Å²) < 4.78 is 13.0. The summed E-state index contributed by atoms with van der Waals surface area (Å²) in [5.74, 6) is -0.848. The standard InChI is InChI=1S/C13H10FNO2/c1-8-3-2-4-11(13(17)12(8)16)9-5-10(14)7-15-6-9/h2-7H,1H3,(H,16,17). The van der Waals surface area contributed by atoms with Gasteiger partial charge in [0, 0.05) is 17.3 Å². The van der Waals surface area contributed by atoms with Crippen LogP contribution in [0.1, 0.15) is 5.56 Å². The van der Waals surface area contributed by atoms with Gasteiger partial charge in [0.15, 0.2) is 5.75 Å². The minimum Gasteiger partial charge on any atom is -0.504 e. The van der Waals surface area contributed by atoms with Crippen molar-refractivity contribution in [1.82, 2.24) is 4.98 Å². The van der Waals surface area contributed by atoms with Crippen LogP contribution in [0, 0.1) is 12.7 Å². The number of pyridine rings is 1. The molecule has 4 heteroatoms. The number of aryl methyl sites for hydroxylation is 1. The molecule has 0 atom stereocenters. The summed E-state index contributed by atoms with van der Waals surface area (Å²) in [6.45, 7) is 1.63. The Labute approximate surface area is 97.2 Å². The Morgan fingerprint density at radius 3 is 2.76 bits per heavy atom. The van der Waals surface area contributed by atoms with E-state index < -0.39 is 11.2 Å². The molecule has 0 aliphatic rings. The Morgan fingerprint density at radius 1 is 1.29 bits per heavy atom. The lowest BCUT2D eigenvalue weighted by Crippen LogP contribution is -2.02. The maximum absolute atomic E-state index is 13.0. The van der Waals surface area contributed by atoms with Crippen molar-refractivity contribution in [3.05, 3.63) is 58.3 Å². The largest absolute Gasteiger partial charge is 0.504 e. The molecule has 0 spiro atoms. The lowest BCUT2D eigenvalue weighted by Gasteiger charge is -1.97. The first-order valence-electron chi connectivity index (χ1n) is 5.03. The van der Waals surface area contributed by atoms with Crippen molar-refractivity contribution >= 4 is 0 Å². The van der Waals surface area contributed by atoms with Crippen molar-refractivity contribution in [3.63, 3.8) is 0 Å². The van der Waals surface area contributed by atoms with Crippen molar-refractivity contribution in [2.45, 2.75) is 6.92 Å². The summed E-state index contributed by atoms with van der Waals surface area (Å²) in [7, 11) is 0. The molecule has 17 heavy (non-hydrogen) atoms. The average Bonchev–Trinajstić information content (AvgIpc) is 2.43. The first-order chi connectivity index (χ1) is 8.09. The average molecular weight is 231 g/mol. The van der Waals surface area contributed by atoms with E-state index in [4.69, 9.17) is 0 Å². The Morgan fingerprint density at radius 2 is 2.06 bits per heavy atom. The van der Waals surface area contributed by atoms with E-state index >= 15 is 0 Å². The monoisotopic (exact) mass is 231 g/mol. The van der Waals surface area contributed by atoms with Gasteiger partial charge in [-0.3, -0.25) is 9.78 Å². The molecule has 0 saturated carbocycles. The number of hydrogen-bond acceptors (Lipinski definition) is 3. The second kappa shape index (κ2) is 4.33. The molecule has 0 bridgehead atoms. The van der Waals surface area contributed by atoms with Crippen molar-refractivity contribution in [2.75, 3.05) is 0 Å². The lowest BCUT2D eigenvalue weighted by molar-refractivity contribution is 0.467. The van der Waals surface area contributed by atoms with E-state index in [1.54, 1.807) is 19.1 Å².